The van der Waals surface area contributed by atoms with Crippen LogP contribution in [0.15, 0.2) is 95.4 Å². The van der Waals surface area contributed by atoms with Gasteiger partial charge in [0, 0.05) is 10.6 Å². The van der Waals surface area contributed by atoms with E-state index in [0.717, 1.165) is 0 Å². The number of para-hydroxylation sites is 2. The van der Waals surface area contributed by atoms with Gasteiger partial charge < -0.3 is 4.74 Å². The average molecular weight is 470 g/mol. The molecule has 0 atom stereocenters. The van der Waals surface area contributed by atoms with E-state index in [0.29, 0.717) is 22.9 Å². The first kappa shape index (κ1) is 23.1. The molecule has 0 heterocycles. The van der Waals surface area contributed by atoms with Crippen LogP contribution in [-0.2, 0) is 10.0 Å². The number of nitrogens with one attached hydrogen (secondary N) is 2. The maximum atomic E-state index is 12.7. The van der Waals surface area contributed by atoms with Crippen molar-refractivity contribution in [2.45, 2.75) is 4.90 Å². The third-order valence-corrected chi connectivity index (χ3v) is 5.82. The molecule has 3 rings (SSSR count). The van der Waals surface area contributed by atoms with Crippen LogP contribution in [0.25, 0.3) is 0 Å². The van der Waals surface area contributed by atoms with Crippen molar-refractivity contribution in [3.05, 3.63) is 102 Å². The second kappa shape index (κ2) is 10.6. The number of halogens is 1. The summed E-state index contributed by atoms with van der Waals surface area (Å²) in [6.07, 6.45) is 3.06. The molecular formula is C23H20ClN3O4S. The molecule has 1 amide bonds. The maximum absolute atomic E-state index is 12.7. The SMILES string of the molecule is C=CCOc1ccccc1/C=N/NC(=O)c1ccccc1NS(=O)(=O)c1ccc(Cl)cc1. The lowest BCUT2D eigenvalue weighted by atomic mass is 10.2. The lowest BCUT2D eigenvalue weighted by Gasteiger charge is -2.12. The van der Waals surface area contributed by atoms with E-state index >= 15 is 0 Å². The summed E-state index contributed by atoms with van der Waals surface area (Å²) in [5.41, 5.74) is 3.29. The minimum atomic E-state index is -3.92. The Hall–Kier alpha value is -3.62. The number of nitrogens with zero attached hydrogens (tertiary/aromatic N) is 1. The van der Waals surface area contributed by atoms with Gasteiger partial charge in [0.1, 0.15) is 12.4 Å². The zero-order valence-corrected chi connectivity index (χ0v) is 18.4. The van der Waals surface area contributed by atoms with Gasteiger partial charge in [-0.05, 0) is 48.5 Å². The van der Waals surface area contributed by atoms with E-state index in [9.17, 15) is 13.2 Å². The number of hydrogen-bond donors (Lipinski definition) is 2. The van der Waals surface area contributed by atoms with E-state index in [2.05, 4.69) is 21.8 Å². The molecule has 32 heavy (non-hydrogen) atoms. The molecule has 0 unspecified atom stereocenters. The number of sulfonamides is 1. The van der Waals surface area contributed by atoms with Crippen LogP contribution in [0, 0.1) is 0 Å². The number of rotatable bonds is 9. The highest BCUT2D eigenvalue weighted by Gasteiger charge is 2.18. The molecule has 0 saturated heterocycles. The van der Waals surface area contributed by atoms with Gasteiger partial charge in [-0.15, -0.1) is 0 Å². The summed E-state index contributed by atoms with van der Waals surface area (Å²) in [5, 5.41) is 4.38. The second-order valence-corrected chi connectivity index (χ2v) is 8.56. The number of hydrazone groups is 1. The molecule has 164 valence electrons. The Balaban J connectivity index is 1.76. The molecule has 3 aromatic rings. The van der Waals surface area contributed by atoms with Crippen molar-refractivity contribution in [1.29, 1.82) is 0 Å². The van der Waals surface area contributed by atoms with Crippen molar-refractivity contribution in [3.63, 3.8) is 0 Å². The van der Waals surface area contributed by atoms with Crippen LogP contribution < -0.4 is 14.9 Å². The maximum Gasteiger partial charge on any atom is 0.273 e. The van der Waals surface area contributed by atoms with Crippen molar-refractivity contribution in [2.75, 3.05) is 11.3 Å². The summed E-state index contributed by atoms with van der Waals surface area (Å²) < 4.78 is 33.3. The highest BCUT2D eigenvalue weighted by molar-refractivity contribution is 7.92. The minimum absolute atomic E-state index is 0.0197. The number of benzene rings is 3. The third-order valence-electron chi connectivity index (χ3n) is 4.19. The monoisotopic (exact) mass is 469 g/mol. The number of anilines is 1. The smallest absolute Gasteiger partial charge is 0.273 e. The lowest BCUT2D eigenvalue weighted by molar-refractivity contribution is 0.0956. The molecule has 3 aromatic carbocycles. The number of carbonyl (C=O) groups excluding carboxylic acids is 1. The molecule has 0 bridgehead atoms. The minimum Gasteiger partial charge on any atom is -0.489 e. The van der Waals surface area contributed by atoms with Crippen molar-refractivity contribution >= 4 is 39.4 Å². The number of hydrogen-bond acceptors (Lipinski definition) is 5. The Kier molecular flexibility index (Phi) is 7.64. The van der Waals surface area contributed by atoms with Crippen LogP contribution >= 0.6 is 11.6 Å². The van der Waals surface area contributed by atoms with Gasteiger partial charge in [0.15, 0.2) is 0 Å². The van der Waals surface area contributed by atoms with E-state index in [1.807, 2.05) is 12.1 Å². The van der Waals surface area contributed by atoms with E-state index < -0.39 is 15.9 Å². The highest BCUT2D eigenvalue weighted by Crippen LogP contribution is 2.21. The summed E-state index contributed by atoms with van der Waals surface area (Å²) >= 11 is 5.82. The molecule has 0 saturated carbocycles. The number of ether oxygens (including phenoxy) is 1. The van der Waals surface area contributed by atoms with Crippen LogP contribution in [0.2, 0.25) is 5.02 Å². The first-order chi connectivity index (χ1) is 15.4. The lowest BCUT2D eigenvalue weighted by Crippen LogP contribution is -2.21. The van der Waals surface area contributed by atoms with Crippen LogP contribution in [0.3, 0.4) is 0 Å². The summed E-state index contributed by atoms with van der Waals surface area (Å²) in [6.45, 7) is 3.94. The van der Waals surface area contributed by atoms with Gasteiger partial charge in [-0.2, -0.15) is 5.10 Å². The molecule has 0 aliphatic carbocycles. The topological polar surface area (TPSA) is 96.9 Å². The van der Waals surface area contributed by atoms with Crippen LogP contribution in [0.4, 0.5) is 5.69 Å². The molecule has 0 fully saturated rings. The largest absolute Gasteiger partial charge is 0.489 e. The zero-order chi connectivity index (χ0) is 23.0. The molecule has 2 N–H and O–H groups in total. The van der Waals surface area contributed by atoms with E-state index in [1.165, 1.54) is 42.6 Å². The van der Waals surface area contributed by atoms with E-state index in [4.69, 9.17) is 16.3 Å². The quantitative estimate of drug-likeness (QED) is 0.274. The number of amides is 1. The van der Waals surface area contributed by atoms with Crippen molar-refractivity contribution < 1.29 is 17.9 Å². The molecule has 0 aliphatic heterocycles. The first-order valence-electron chi connectivity index (χ1n) is 9.44. The third kappa shape index (κ3) is 5.96. The molecule has 7 nitrogen and oxygen atoms in total. The number of carbonyl (C=O) groups is 1. The molecule has 0 aliphatic rings. The Labute approximate surface area is 191 Å². The van der Waals surface area contributed by atoms with Gasteiger partial charge in [-0.25, -0.2) is 13.8 Å². The van der Waals surface area contributed by atoms with Crippen molar-refractivity contribution in [1.82, 2.24) is 5.43 Å². The van der Waals surface area contributed by atoms with E-state index in [1.54, 1.807) is 30.3 Å². The molecule has 0 radical (unpaired) electrons. The molecule has 0 aromatic heterocycles. The van der Waals surface area contributed by atoms with Gasteiger partial charge in [0.25, 0.3) is 15.9 Å². The Morgan fingerprint density at radius 2 is 1.72 bits per heavy atom. The predicted molar refractivity (Wildman–Crippen MR) is 126 cm³/mol. The van der Waals surface area contributed by atoms with Gasteiger partial charge in [0.2, 0.25) is 0 Å². The Bertz CT molecular complexity index is 1240. The van der Waals surface area contributed by atoms with Crippen molar-refractivity contribution in [3.8, 4) is 5.75 Å². The Morgan fingerprint density at radius 1 is 1.03 bits per heavy atom. The van der Waals surface area contributed by atoms with Crippen molar-refractivity contribution in [2.24, 2.45) is 5.10 Å². The second-order valence-electron chi connectivity index (χ2n) is 6.44. The van der Waals surface area contributed by atoms with Crippen LogP contribution in [0.5, 0.6) is 5.75 Å². The molecular weight excluding hydrogens is 450 g/mol. The highest BCUT2D eigenvalue weighted by atomic mass is 35.5. The van der Waals surface area contributed by atoms with Gasteiger partial charge in [0.05, 0.1) is 22.4 Å². The van der Waals surface area contributed by atoms with Crippen LogP contribution in [-0.4, -0.2) is 27.1 Å². The van der Waals surface area contributed by atoms with Gasteiger partial charge >= 0.3 is 0 Å². The summed E-state index contributed by atoms with van der Waals surface area (Å²) in [4.78, 5) is 12.7. The summed E-state index contributed by atoms with van der Waals surface area (Å²) in [6, 6.07) is 19.1. The molecule has 0 spiro atoms. The van der Waals surface area contributed by atoms with Gasteiger partial charge in [-0.3, -0.25) is 9.52 Å². The first-order valence-corrected chi connectivity index (χ1v) is 11.3. The molecule has 9 heteroatoms. The van der Waals surface area contributed by atoms with Crippen LogP contribution in [0.1, 0.15) is 15.9 Å². The van der Waals surface area contributed by atoms with Gasteiger partial charge in [-0.1, -0.05) is 48.5 Å². The van der Waals surface area contributed by atoms with E-state index in [-0.39, 0.29) is 16.1 Å². The fourth-order valence-corrected chi connectivity index (χ4v) is 3.88. The average Bonchev–Trinajstić information content (AvgIpc) is 2.78. The summed E-state index contributed by atoms with van der Waals surface area (Å²) in [7, 11) is -3.92. The zero-order valence-electron chi connectivity index (χ0n) is 16.9. The standard InChI is InChI=1S/C23H20ClN3O4S/c1-2-15-31-22-10-6-3-7-17(22)16-25-26-23(28)20-8-4-5-9-21(20)27-32(29,30)19-13-11-18(24)12-14-19/h2-14,16,27H,1,15H2,(H,26,28)/b25-16+. The normalized spacial score (nSPS) is 11.2. The Morgan fingerprint density at radius 3 is 2.47 bits per heavy atom. The summed E-state index contributed by atoms with van der Waals surface area (Å²) in [5.74, 6) is 0.00155. The predicted octanol–water partition coefficient (Wildman–Crippen LogP) is 4.47. The fraction of sp³-hybridized carbons (Fsp3) is 0.0435. The fourth-order valence-electron chi connectivity index (χ4n) is 2.68.